The molecule has 30 heavy (non-hydrogen) atoms. The summed E-state index contributed by atoms with van der Waals surface area (Å²) in [6.07, 6.45) is 0. The zero-order chi connectivity index (χ0) is 22.1. The number of fused-ring (bicyclic) bond motifs is 1. The minimum atomic E-state index is -3.57. The maximum atomic E-state index is 12.7. The van der Waals surface area contributed by atoms with Crippen LogP contribution >= 0.6 is 34.5 Å². The molecule has 0 saturated carbocycles. The van der Waals surface area contributed by atoms with Crippen molar-refractivity contribution in [3.05, 3.63) is 56.8 Å². The first-order valence-electron chi connectivity index (χ1n) is 8.74. The number of hydrogen-bond donors (Lipinski definition) is 0. The van der Waals surface area contributed by atoms with Crippen LogP contribution in [0.15, 0.2) is 46.3 Å². The lowest BCUT2D eigenvalue weighted by molar-refractivity contribution is 0.0997. The van der Waals surface area contributed by atoms with Gasteiger partial charge in [0.1, 0.15) is 0 Å². The molecule has 2 aromatic carbocycles. The van der Waals surface area contributed by atoms with Crippen molar-refractivity contribution in [3.63, 3.8) is 0 Å². The molecule has 3 aromatic rings. The first-order valence-corrected chi connectivity index (χ1v) is 11.8. The van der Waals surface area contributed by atoms with Gasteiger partial charge in [-0.3, -0.25) is 4.79 Å². The van der Waals surface area contributed by atoms with Gasteiger partial charge in [-0.1, -0.05) is 34.5 Å². The van der Waals surface area contributed by atoms with Crippen LogP contribution in [0.2, 0.25) is 10.0 Å². The Morgan fingerprint density at radius 3 is 2.43 bits per heavy atom. The molecule has 0 spiro atoms. The number of aromatic nitrogens is 1. The number of carbonyl (C=O) groups is 1. The largest absolute Gasteiger partial charge is 0.383 e. The molecule has 0 aliphatic heterocycles. The minimum absolute atomic E-state index is 0.0995. The van der Waals surface area contributed by atoms with E-state index in [9.17, 15) is 13.2 Å². The van der Waals surface area contributed by atoms with Gasteiger partial charge in [-0.25, -0.2) is 12.7 Å². The van der Waals surface area contributed by atoms with Crippen molar-refractivity contribution >= 4 is 60.7 Å². The highest BCUT2D eigenvalue weighted by Crippen LogP contribution is 2.32. The van der Waals surface area contributed by atoms with Gasteiger partial charge < -0.3 is 9.30 Å². The van der Waals surface area contributed by atoms with Crippen molar-refractivity contribution in [3.8, 4) is 0 Å². The van der Waals surface area contributed by atoms with Crippen molar-refractivity contribution in [1.82, 2.24) is 8.87 Å². The molecular weight excluding hydrogens is 469 g/mol. The average molecular weight is 488 g/mol. The summed E-state index contributed by atoms with van der Waals surface area (Å²) in [5.41, 5.74) is 0.956. The summed E-state index contributed by atoms with van der Waals surface area (Å²) in [6.45, 7) is 0.829. The third-order valence-corrected chi connectivity index (χ3v) is 8.00. The van der Waals surface area contributed by atoms with Crippen molar-refractivity contribution < 1.29 is 17.9 Å². The first-order chi connectivity index (χ1) is 14.2. The molecule has 0 fully saturated rings. The third kappa shape index (κ3) is 4.46. The fraction of sp³-hybridized carbons (Fsp3) is 0.263. The van der Waals surface area contributed by atoms with Crippen LogP contribution in [0.1, 0.15) is 10.4 Å². The Morgan fingerprint density at radius 1 is 1.17 bits per heavy atom. The van der Waals surface area contributed by atoms with Gasteiger partial charge in [-0.05, 0) is 36.4 Å². The number of amides is 1. The van der Waals surface area contributed by atoms with E-state index in [0.29, 0.717) is 33.5 Å². The van der Waals surface area contributed by atoms with Gasteiger partial charge in [0.2, 0.25) is 10.0 Å². The van der Waals surface area contributed by atoms with Crippen LogP contribution in [0.3, 0.4) is 0 Å². The zero-order valence-corrected chi connectivity index (χ0v) is 19.6. The summed E-state index contributed by atoms with van der Waals surface area (Å²) >= 11 is 13.9. The molecule has 1 aromatic heterocycles. The number of carbonyl (C=O) groups excluding carboxylic acids is 1. The lowest BCUT2D eigenvalue weighted by atomic mass is 10.2. The van der Waals surface area contributed by atoms with Crippen LogP contribution < -0.4 is 4.80 Å². The predicted octanol–water partition coefficient (Wildman–Crippen LogP) is 3.65. The lowest BCUT2D eigenvalue weighted by Gasteiger charge is -2.11. The summed E-state index contributed by atoms with van der Waals surface area (Å²) < 4.78 is 33.3. The third-order valence-electron chi connectivity index (χ3n) is 4.33. The monoisotopic (exact) mass is 487 g/mol. The van der Waals surface area contributed by atoms with E-state index in [1.54, 1.807) is 17.7 Å². The number of benzene rings is 2. The van der Waals surface area contributed by atoms with E-state index in [-0.39, 0.29) is 10.5 Å². The van der Waals surface area contributed by atoms with Gasteiger partial charge in [-0.2, -0.15) is 4.99 Å². The fourth-order valence-electron chi connectivity index (χ4n) is 2.71. The molecule has 0 atom stereocenters. The van der Waals surface area contributed by atoms with Crippen LogP contribution in [0.5, 0.6) is 0 Å². The van der Waals surface area contributed by atoms with Gasteiger partial charge in [0.05, 0.1) is 31.8 Å². The molecule has 1 heterocycles. The number of halogens is 2. The van der Waals surface area contributed by atoms with Crippen LogP contribution in [-0.2, 0) is 21.3 Å². The summed E-state index contributed by atoms with van der Waals surface area (Å²) in [5.74, 6) is -0.497. The average Bonchev–Trinajstić information content (AvgIpc) is 3.06. The SMILES string of the molecule is COCCn1c(=NC(=O)c2ccc(S(=O)(=O)N(C)C)cc2)sc2ccc(Cl)c(Cl)c21. The summed E-state index contributed by atoms with van der Waals surface area (Å²) in [7, 11) is 0.897. The van der Waals surface area contributed by atoms with Gasteiger partial charge in [0.25, 0.3) is 5.91 Å². The molecule has 11 heteroatoms. The topological polar surface area (TPSA) is 81.0 Å². The first kappa shape index (κ1) is 22.9. The molecule has 1 amide bonds. The Bertz CT molecular complexity index is 1260. The predicted molar refractivity (Wildman–Crippen MR) is 119 cm³/mol. The lowest BCUT2D eigenvalue weighted by Crippen LogP contribution is -2.22. The van der Waals surface area contributed by atoms with Crippen LogP contribution in [0.4, 0.5) is 0 Å². The normalized spacial score (nSPS) is 12.8. The van der Waals surface area contributed by atoms with Crippen LogP contribution in [0, 0.1) is 0 Å². The molecule has 0 aliphatic rings. The Balaban J connectivity index is 2.06. The number of rotatable bonds is 6. The Hall–Kier alpha value is -1.75. The molecule has 0 bridgehead atoms. The van der Waals surface area contributed by atoms with E-state index in [2.05, 4.69) is 4.99 Å². The van der Waals surface area contributed by atoms with Crippen molar-refractivity contribution in [1.29, 1.82) is 0 Å². The molecular formula is C19H19Cl2N3O4S2. The van der Waals surface area contributed by atoms with E-state index < -0.39 is 15.9 Å². The molecule has 0 unspecified atom stereocenters. The van der Waals surface area contributed by atoms with Gasteiger partial charge in [0.15, 0.2) is 4.80 Å². The molecule has 0 radical (unpaired) electrons. The summed E-state index contributed by atoms with van der Waals surface area (Å²) in [4.78, 5) is 17.5. The van der Waals surface area contributed by atoms with E-state index in [0.717, 1.165) is 9.01 Å². The second-order valence-corrected chi connectivity index (χ2v) is 10.4. The van der Waals surface area contributed by atoms with Crippen molar-refractivity contribution in [2.75, 3.05) is 27.8 Å². The zero-order valence-electron chi connectivity index (χ0n) is 16.4. The quantitative estimate of drug-likeness (QED) is 0.531. The number of nitrogens with zero attached hydrogens (tertiary/aromatic N) is 3. The second-order valence-electron chi connectivity index (χ2n) is 6.47. The van der Waals surface area contributed by atoms with E-state index in [1.807, 2.05) is 6.07 Å². The maximum Gasteiger partial charge on any atom is 0.279 e. The Morgan fingerprint density at radius 2 is 1.83 bits per heavy atom. The Labute approximate surface area is 188 Å². The highest BCUT2D eigenvalue weighted by Gasteiger charge is 2.18. The van der Waals surface area contributed by atoms with E-state index in [1.165, 1.54) is 49.7 Å². The minimum Gasteiger partial charge on any atom is -0.383 e. The number of methoxy groups -OCH3 is 1. The molecule has 7 nitrogen and oxygen atoms in total. The smallest absolute Gasteiger partial charge is 0.279 e. The molecule has 0 aliphatic carbocycles. The molecule has 3 rings (SSSR count). The van der Waals surface area contributed by atoms with Crippen LogP contribution in [-0.4, -0.2) is 51.0 Å². The maximum absolute atomic E-state index is 12.7. The highest BCUT2D eigenvalue weighted by atomic mass is 35.5. The summed E-state index contributed by atoms with van der Waals surface area (Å²) in [6, 6.07) is 9.18. The van der Waals surface area contributed by atoms with E-state index >= 15 is 0 Å². The van der Waals surface area contributed by atoms with Gasteiger partial charge in [0, 0.05) is 33.3 Å². The second kappa shape index (κ2) is 9.17. The van der Waals surface area contributed by atoms with Gasteiger partial charge in [-0.15, -0.1) is 0 Å². The fourth-order valence-corrected chi connectivity index (χ4v) is 5.15. The van der Waals surface area contributed by atoms with Gasteiger partial charge >= 0.3 is 0 Å². The number of sulfonamides is 1. The van der Waals surface area contributed by atoms with Crippen molar-refractivity contribution in [2.45, 2.75) is 11.4 Å². The number of thiazole rings is 1. The molecule has 160 valence electrons. The number of hydrogen-bond acceptors (Lipinski definition) is 5. The molecule has 0 saturated heterocycles. The molecule has 0 N–H and O–H groups in total. The standard InChI is InChI=1S/C19H19Cl2N3O4S2/c1-23(2)30(26,27)13-6-4-12(5-7-13)18(25)22-19-24(10-11-28-3)17-15(29-19)9-8-14(20)16(17)21/h4-9H,10-11H2,1-3H3. The number of ether oxygens (including phenoxy) is 1. The van der Waals surface area contributed by atoms with E-state index in [4.69, 9.17) is 27.9 Å². The highest BCUT2D eigenvalue weighted by molar-refractivity contribution is 7.89. The van der Waals surface area contributed by atoms with Crippen LogP contribution in [0.25, 0.3) is 10.2 Å². The van der Waals surface area contributed by atoms with Crippen molar-refractivity contribution in [2.24, 2.45) is 4.99 Å². The Kier molecular flexibility index (Phi) is 7.01. The summed E-state index contributed by atoms with van der Waals surface area (Å²) in [5, 5.41) is 0.789.